The molecule has 2 heterocycles. The maximum absolute atomic E-state index is 13.5. The fraction of sp³-hybridized carbons (Fsp3) is 0.400. The van der Waals surface area contributed by atoms with E-state index in [4.69, 9.17) is 11.6 Å². The van der Waals surface area contributed by atoms with E-state index in [1.165, 1.54) is 18.3 Å². The number of alkyl halides is 3. The highest BCUT2D eigenvalue weighted by atomic mass is 35.5. The van der Waals surface area contributed by atoms with Gasteiger partial charge < -0.3 is 10.6 Å². The summed E-state index contributed by atoms with van der Waals surface area (Å²) in [5.74, 6) is -1.06. The topological polar surface area (TPSA) is 71.8 Å². The second kappa shape index (κ2) is 10.7. The SMILES string of the molecule is CCN[C@H](C)CNC(=O)c1cnn(-c2ncccc2Cl)c1C(F)(F)F.Cl.Cl. The average molecular weight is 449 g/mol. The number of nitrogens with zero attached hydrogens (tertiary/aromatic N) is 3. The van der Waals surface area contributed by atoms with Crippen molar-refractivity contribution in [2.75, 3.05) is 13.1 Å². The van der Waals surface area contributed by atoms with Crippen LogP contribution in [0.3, 0.4) is 0 Å². The minimum Gasteiger partial charge on any atom is -0.350 e. The zero-order valence-corrected chi connectivity index (χ0v) is 16.8. The minimum absolute atomic E-state index is 0. The van der Waals surface area contributed by atoms with Crippen LogP contribution in [0.1, 0.15) is 29.9 Å². The largest absolute Gasteiger partial charge is 0.434 e. The number of carbonyl (C=O) groups is 1. The fourth-order valence-corrected chi connectivity index (χ4v) is 2.44. The number of amides is 1. The molecule has 0 aliphatic carbocycles. The lowest BCUT2D eigenvalue weighted by Gasteiger charge is -2.15. The Balaban J connectivity index is 0.00000338. The van der Waals surface area contributed by atoms with Crippen molar-refractivity contribution in [1.29, 1.82) is 0 Å². The van der Waals surface area contributed by atoms with Gasteiger partial charge in [0.15, 0.2) is 11.5 Å². The van der Waals surface area contributed by atoms with Crippen LogP contribution in [0, 0.1) is 0 Å². The molecule has 1 amide bonds. The van der Waals surface area contributed by atoms with E-state index in [0.717, 1.165) is 6.20 Å². The first-order valence-electron chi connectivity index (χ1n) is 7.53. The molecule has 2 aromatic rings. The first-order chi connectivity index (χ1) is 11.8. The van der Waals surface area contributed by atoms with Gasteiger partial charge in [0.2, 0.25) is 0 Å². The van der Waals surface area contributed by atoms with Crippen LogP contribution in [0.25, 0.3) is 5.82 Å². The summed E-state index contributed by atoms with van der Waals surface area (Å²) < 4.78 is 41.1. The summed E-state index contributed by atoms with van der Waals surface area (Å²) in [6.45, 7) is 4.56. The highest BCUT2D eigenvalue weighted by Gasteiger charge is 2.41. The summed E-state index contributed by atoms with van der Waals surface area (Å²) in [5.41, 5.74) is -1.81. The summed E-state index contributed by atoms with van der Waals surface area (Å²) >= 11 is 5.91. The third kappa shape index (κ3) is 6.24. The molecule has 27 heavy (non-hydrogen) atoms. The molecule has 12 heteroatoms. The number of nitrogens with one attached hydrogen (secondary N) is 2. The molecule has 2 aromatic heterocycles. The van der Waals surface area contributed by atoms with Crippen LogP contribution in [0.15, 0.2) is 24.5 Å². The van der Waals surface area contributed by atoms with Crippen molar-refractivity contribution < 1.29 is 18.0 Å². The second-order valence-corrected chi connectivity index (χ2v) is 5.70. The number of halogens is 6. The van der Waals surface area contributed by atoms with E-state index in [1.807, 2.05) is 13.8 Å². The summed E-state index contributed by atoms with van der Waals surface area (Å²) in [6.07, 6.45) is -2.65. The van der Waals surface area contributed by atoms with Gasteiger partial charge >= 0.3 is 6.18 Å². The quantitative estimate of drug-likeness (QED) is 0.709. The van der Waals surface area contributed by atoms with Gasteiger partial charge in [0.05, 0.1) is 16.8 Å². The first-order valence-corrected chi connectivity index (χ1v) is 7.91. The minimum atomic E-state index is -4.81. The molecule has 0 saturated heterocycles. The van der Waals surface area contributed by atoms with Crippen LogP contribution in [-0.4, -0.2) is 39.8 Å². The number of pyridine rings is 1. The van der Waals surface area contributed by atoms with Gasteiger partial charge in [-0.25, -0.2) is 9.67 Å². The zero-order valence-electron chi connectivity index (χ0n) is 14.4. The molecule has 0 spiro atoms. The second-order valence-electron chi connectivity index (χ2n) is 5.29. The number of likely N-dealkylation sites (N-methyl/N-ethyl adjacent to an activating group) is 1. The number of carbonyl (C=O) groups excluding carboxylic acids is 1. The van der Waals surface area contributed by atoms with Gasteiger partial charge in [0, 0.05) is 18.8 Å². The van der Waals surface area contributed by atoms with Gasteiger partial charge in [0.1, 0.15) is 0 Å². The van der Waals surface area contributed by atoms with Crippen molar-refractivity contribution in [3.8, 4) is 5.82 Å². The van der Waals surface area contributed by atoms with Crippen molar-refractivity contribution in [2.45, 2.75) is 26.1 Å². The van der Waals surface area contributed by atoms with E-state index < -0.39 is 23.3 Å². The van der Waals surface area contributed by atoms with Gasteiger partial charge in [0.25, 0.3) is 5.91 Å². The van der Waals surface area contributed by atoms with Crippen molar-refractivity contribution in [1.82, 2.24) is 25.4 Å². The van der Waals surface area contributed by atoms with E-state index in [0.29, 0.717) is 11.2 Å². The van der Waals surface area contributed by atoms with Crippen LogP contribution in [0.5, 0.6) is 0 Å². The summed E-state index contributed by atoms with van der Waals surface area (Å²) in [6, 6.07) is 2.80. The molecular weight excluding hydrogens is 430 g/mol. The monoisotopic (exact) mass is 447 g/mol. The molecular formula is C15H19Cl3F3N5O. The molecule has 6 nitrogen and oxygen atoms in total. The average Bonchev–Trinajstić information content (AvgIpc) is 2.98. The summed E-state index contributed by atoms with van der Waals surface area (Å²) in [7, 11) is 0. The lowest BCUT2D eigenvalue weighted by Crippen LogP contribution is -2.39. The van der Waals surface area contributed by atoms with Gasteiger partial charge in [-0.1, -0.05) is 18.5 Å². The number of hydrogen-bond acceptors (Lipinski definition) is 4. The van der Waals surface area contributed by atoms with E-state index in [9.17, 15) is 18.0 Å². The zero-order chi connectivity index (χ0) is 18.6. The molecule has 0 bridgehead atoms. The lowest BCUT2D eigenvalue weighted by atomic mass is 10.2. The third-order valence-electron chi connectivity index (χ3n) is 3.34. The Morgan fingerprint density at radius 2 is 2.04 bits per heavy atom. The Labute approximate surface area is 171 Å². The molecule has 0 aliphatic heterocycles. The molecule has 0 unspecified atom stereocenters. The lowest BCUT2D eigenvalue weighted by molar-refractivity contribution is -0.143. The summed E-state index contributed by atoms with van der Waals surface area (Å²) in [4.78, 5) is 16.0. The van der Waals surface area contributed by atoms with Crippen LogP contribution in [0.4, 0.5) is 13.2 Å². The van der Waals surface area contributed by atoms with Crippen LogP contribution in [-0.2, 0) is 6.18 Å². The summed E-state index contributed by atoms with van der Waals surface area (Å²) in [5, 5.41) is 9.18. The Bertz CT molecular complexity index is 755. The molecule has 0 saturated carbocycles. The van der Waals surface area contributed by atoms with Gasteiger partial charge in [-0.3, -0.25) is 4.79 Å². The van der Waals surface area contributed by atoms with E-state index in [1.54, 1.807) is 0 Å². The predicted molar refractivity (Wildman–Crippen MR) is 101 cm³/mol. The van der Waals surface area contributed by atoms with E-state index in [2.05, 4.69) is 20.7 Å². The Kier molecular flexibility index (Phi) is 10.1. The normalized spacial score (nSPS) is 11.9. The van der Waals surface area contributed by atoms with Crippen molar-refractivity contribution in [2.24, 2.45) is 0 Å². The number of hydrogen-bond donors (Lipinski definition) is 2. The van der Waals surface area contributed by atoms with Gasteiger partial charge in [-0.05, 0) is 25.6 Å². The Morgan fingerprint density at radius 3 is 2.59 bits per heavy atom. The van der Waals surface area contributed by atoms with Gasteiger partial charge in [-0.2, -0.15) is 18.3 Å². The van der Waals surface area contributed by atoms with Crippen molar-refractivity contribution >= 4 is 42.3 Å². The van der Waals surface area contributed by atoms with Gasteiger partial charge in [-0.15, -0.1) is 24.8 Å². The van der Waals surface area contributed by atoms with Crippen LogP contribution in [0.2, 0.25) is 5.02 Å². The highest BCUT2D eigenvalue weighted by molar-refractivity contribution is 6.32. The Hall–Kier alpha value is -1.55. The Morgan fingerprint density at radius 1 is 1.37 bits per heavy atom. The molecule has 0 radical (unpaired) electrons. The highest BCUT2D eigenvalue weighted by Crippen LogP contribution is 2.34. The molecule has 152 valence electrons. The molecule has 0 fully saturated rings. The van der Waals surface area contributed by atoms with Crippen molar-refractivity contribution in [3.63, 3.8) is 0 Å². The first kappa shape index (κ1) is 25.4. The van der Waals surface area contributed by atoms with Crippen molar-refractivity contribution in [3.05, 3.63) is 40.8 Å². The standard InChI is InChI=1S/C15H17ClF3N5O.2ClH/c1-3-20-9(2)7-22-14(25)10-8-23-24(12(10)15(17,18)19)13-11(16)5-4-6-21-13;;/h4-6,8-9,20H,3,7H2,1-2H3,(H,22,25);2*1H/t9-;;/m1../s1. The molecule has 0 aromatic carbocycles. The van der Waals surface area contributed by atoms with E-state index >= 15 is 0 Å². The molecule has 0 aliphatic rings. The maximum atomic E-state index is 13.5. The van der Waals surface area contributed by atoms with E-state index in [-0.39, 0.29) is 48.2 Å². The predicted octanol–water partition coefficient (Wildman–Crippen LogP) is 3.51. The smallest absolute Gasteiger partial charge is 0.350 e. The molecule has 1 atom stereocenters. The fourth-order valence-electron chi connectivity index (χ4n) is 2.24. The number of rotatable bonds is 6. The molecule has 2 rings (SSSR count). The number of aromatic nitrogens is 3. The third-order valence-corrected chi connectivity index (χ3v) is 3.64. The maximum Gasteiger partial charge on any atom is 0.434 e. The van der Waals surface area contributed by atoms with Crippen LogP contribution < -0.4 is 10.6 Å². The molecule has 2 N–H and O–H groups in total. The van der Waals surface area contributed by atoms with Crippen LogP contribution >= 0.6 is 36.4 Å².